The summed E-state index contributed by atoms with van der Waals surface area (Å²) in [5.74, 6) is 2.60. The van der Waals surface area contributed by atoms with Crippen LogP contribution in [-0.2, 0) is 4.84 Å². The highest BCUT2D eigenvalue weighted by Crippen LogP contribution is 2.66. The molecule has 1 amide bonds. The molecule has 0 aromatic heterocycles. The molecule has 0 aromatic carbocycles. The summed E-state index contributed by atoms with van der Waals surface area (Å²) in [4.78, 5) is 17.7. The van der Waals surface area contributed by atoms with Gasteiger partial charge < -0.3 is 15.7 Å². The van der Waals surface area contributed by atoms with E-state index in [1.165, 1.54) is 31.3 Å². The van der Waals surface area contributed by atoms with Crippen molar-refractivity contribution in [2.45, 2.75) is 105 Å². The number of hydrogen-bond donors (Lipinski definition) is 3. The highest BCUT2D eigenvalue weighted by atomic mass is 16.7. The van der Waals surface area contributed by atoms with Gasteiger partial charge in [0.2, 0.25) is 0 Å². The van der Waals surface area contributed by atoms with Gasteiger partial charge in [0, 0.05) is 25.0 Å². The van der Waals surface area contributed by atoms with Crippen LogP contribution in [0.5, 0.6) is 0 Å². The maximum atomic E-state index is 12.3. The number of allylic oxidation sites excluding steroid dienone is 1. The second-order valence-corrected chi connectivity index (χ2v) is 13.7. The highest BCUT2D eigenvalue weighted by Gasteiger charge is 2.59. The third-order valence-corrected chi connectivity index (χ3v) is 11.0. The molecule has 3 N–H and O–H groups in total. The molecule has 1 heterocycles. The first-order valence-corrected chi connectivity index (χ1v) is 14.1. The monoisotopic (exact) mass is 485 g/mol. The Labute approximate surface area is 211 Å². The predicted molar refractivity (Wildman–Crippen MR) is 139 cm³/mol. The number of fused-ring (bicyclic) bond motifs is 5. The molecule has 0 aromatic rings. The van der Waals surface area contributed by atoms with E-state index in [0.717, 1.165) is 56.2 Å². The largest absolute Gasteiger partial charge is 0.433 e. The molecule has 3 saturated carbocycles. The van der Waals surface area contributed by atoms with Gasteiger partial charge in [-0.25, -0.2) is 4.79 Å². The number of rotatable bonds is 4. The minimum Gasteiger partial charge on any atom is -0.389 e. The van der Waals surface area contributed by atoms with Crippen LogP contribution in [0.2, 0.25) is 0 Å². The zero-order chi connectivity index (χ0) is 25.0. The van der Waals surface area contributed by atoms with Crippen molar-refractivity contribution in [2.24, 2.45) is 45.1 Å². The molecule has 4 fully saturated rings. The quantitative estimate of drug-likeness (QED) is 0.215. The molecule has 35 heavy (non-hydrogen) atoms. The van der Waals surface area contributed by atoms with Gasteiger partial charge in [0.25, 0.3) is 0 Å². The lowest BCUT2D eigenvalue weighted by atomic mass is 9.46. The Bertz CT molecular complexity index is 898. The highest BCUT2D eigenvalue weighted by molar-refractivity contribution is 5.85. The van der Waals surface area contributed by atoms with Crippen molar-refractivity contribution in [2.75, 3.05) is 13.1 Å². The van der Waals surface area contributed by atoms with E-state index in [2.05, 4.69) is 56.5 Å². The molecule has 0 radical (unpaired) electrons. The van der Waals surface area contributed by atoms with Crippen LogP contribution in [0.4, 0.5) is 4.79 Å². The fourth-order valence-electron chi connectivity index (χ4n) is 9.19. The molecular weight excluding hydrogens is 438 g/mol. The molecule has 0 spiro atoms. The van der Waals surface area contributed by atoms with Gasteiger partial charge in [0.05, 0.1) is 11.8 Å². The van der Waals surface area contributed by atoms with Gasteiger partial charge in [0.15, 0.2) is 0 Å². The number of aliphatic hydroxyl groups is 1. The molecule has 6 heteroatoms. The van der Waals surface area contributed by atoms with Gasteiger partial charge in [-0.05, 0) is 98.7 Å². The summed E-state index contributed by atoms with van der Waals surface area (Å²) >= 11 is 0. The van der Waals surface area contributed by atoms with Crippen LogP contribution in [0, 0.1) is 39.9 Å². The molecule has 4 aliphatic carbocycles. The fraction of sp³-hybridized carbons (Fsp3) is 0.862. The van der Waals surface area contributed by atoms with E-state index in [1.54, 1.807) is 0 Å². The predicted octanol–water partition coefficient (Wildman–Crippen LogP) is 5.42. The van der Waals surface area contributed by atoms with Gasteiger partial charge in [-0.1, -0.05) is 44.5 Å². The van der Waals surface area contributed by atoms with Crippen molar-refractivity contribution < 1.29 is 14.7 Å². The normalized spacial score (nSPS) is 44.6. The number of oxime groups is 1. The van der Waals surface area contributed by atoms with E-state index in [4.69, 9.17) is 4.84 Å². The van der Waals surface area contributed by atoms with E-state index < -0.39 is 6.09 Å². The van der Waals surface area contributed by atoms with Gasteiger partial charge in [-0.15, -0.1) is 0 Å². The molecule has 1 saturated heterocycles. The van der Waals surface area contributed by atoms with Crippen molar-refractivity contribution in [3.63, 3.8) is 0 Å². The zero-order valence-electron chi connectivity index (χ0n) is 22.5. The van der Waals surface area contributed by atoms with Crippen LogP contribution in [0.1, 0.15) is 92.4 Å². The van der Waals surface area contributed by atoms with Gasteiger partial charge in [0.1, 0.15) is 0 Å². The molecular formula is C29H47N3O3. The van der Waals surface area contributed by atoms with E-state index >= 15 is 0 Å². The third-order valence-electron chi connectivity index (χ3n) is 11.0. The van der Waals surface area contributed by atoms with E-state index in [9.17, 15) is 9.90 Å². The van der Waals surface area contributed by atoms with Crippen molar-refractivity contribution in [1.82, 2.24) is 10.6 Å². The number of nitrogens with zero attached hydrogens (tertiary/aromatic N) is 1. The summed E-state index contributed by atoms with van der Waals surface area (Å²) in [5, 5.41) is 20.9. The van der Waals surface area contributed by atoms with Gasteiger partial charge in [-0.3, -0.25) is 4.84 Å². The summed E-state index contributed by atoms with van der Waals surface area (Å²) in [6.45, 7) is 13.1. The van der Waals surface area contributed by atoms with Crippen LogP contribution in [0.15, 0.2) is 16.8 Å². The zero-order valence-corrected chi connectivity index (χ0v) is 22.5. The molecule has 0 bridgehead atoms. The molecule has 5 rings (SSSR count). The Morgan fingerprint density at radius 2 is 1.94 bits per heavy atom. The first-order chi connectivity index (χ1) is 16.5. The van der Waals surface area contributed by atoms with Crippen molar-refractivity contribution >= 4 is 11.8 Å². The smallest absolute Gasteiger partial charge is 0.389 e. The lowest BCUT2D eigenvalue weighted by molar-refractivity contribution is -0.0479. The molecule has 5 aliphatic rings. The van der Waals surface area contributed by atoms with E-state index in [1.807, 2.05) is 0 Å². The second-order valence-electron chi connectivity index (χ2n) is 13.7. The molecule has 8 atom stereocenters. The number of aliphatic hydroxyl groups excluding tert-OH is 1. The Hall–Kier alpha value is -1.40. The summed E-state index contributed by atoms with van der Waals surface area (Å²) in [6, 6.07) is 0.299. The first kappa shape index (κ1) is 25.3. The standard InChI is InChI=1S/C29H47N3O3/c1-18(32-35-26(34)30-16-20-15-27(2,3)17-31-20)23-8-9-24-22-7-6-19-14-21(33)10-12-28(19,4)25(22)11-13-29(23,24)5/h14,20-25,31,33H,6-13,15-17H2,1-5H3,(H,30,34)/b32-18+/t20?,21-,22-,23+,24-,25-,28-,29+/m0/s1. The Morgan fingerprint density at radius 1 is 1.14 bits per heavy atom. The maximum Gasteiger partial charge on any atom is 0.433 e. The third kappa shape index (κ3) is 4.58. The van der Waals surface area contributed by atoms with Crippen LogP contribution in [0.3, 0.4) is 0 Å². The maximum absolute atomic E-state index is 12.3. The topological polar surface area (TPSA) is 83.0 Å². The summed E-state index contributed by atoms with van der Waals surface area (Å²) in [5.41, 5.74) is 3.30. The molecule has 1 unspecified atom stereocenters. The van der Waals surface area contributed by atoms with Gasteiger partial charge in [-0.2, -0.15) is 0 Å². The Kier molecular flexibility index (Phi) is 6.61. The number of hydrogen-bond acceptors (Lipinski definition) is 5. The SMILES string of the molecule is C/C(=N\OC(=O)NCC1CC(C)(C)CN1)[C@H]1CC[C@H]2[C@@H]3CCC4=C[C@@H](O)CC[C@]4(C)[C@H]3CC[C@]12C. The average molecular weight is 486 g/mol. The fourth-order valence-corrected chi connectivity index (χ4v) is 9.19. The lowest BCUT2D eigenvalue weighted by Gasteiger charge is -2.58. The molecule has 196 valence electrons. The van der Waals surface area contributed by atoms with Gasteiger partial charge >= 0.3 is 6.09 Å². The number of carbonyl (C=O) groups is 1. The lowest BCUT2D eigenvalue weighted by Crippen LogP contribution is -2.51. The van der Waals surface area contributed by atoms with Crippen LogP contribution in [-0.4, -0.2) is 42.1 Å². The van der Waals surface area contributed by atoms with Crippen LogP contribution in [0.25, 0.3) is 0 Å². The van der Waals surface area contributed by atoms with Crippen molar-refractivity contribution in [3.8, 4) is 0 Å². The molecule has 6 nitrogen and oxygen atoms in total. The summed E-state index contributed by atoms with van der Waals surface area (Å²) in [7, 11) is 0. The number of carbonyl (C=O) groups excluding carboxylic acids is 1. The van der Waals surface area contributed by atoms with E-state index in [0.29, 0.717) is 24.4 Å². The van der Waals surface area contributed by atoms with Crippen molar-refractivity contribution in [3.05, 3.63) is 11.6 Å². The minimum absolute atomic E-state index is 0.236. The Balaban J connectivity index is 1.20. The first-order valence-electron chi connectivity index (χ1n) is 14.1. The van der Waals surface area contributed by atoms with Crippen LogP contribution < -0.4 is 10.6 Å². The Morgan fingerprint density at radius 3 is 2.69 bits per heavy atom. The summed E-state index contributed by atoms with van der Waals surface area (Å²) < 4.78 is 0. The number of amides is 1. The minimum atomic E-state index is -0.446. The number of nitrogens with one attached hydrogen (secondary N) is 2. The average Bonchev–Trinajstić information content (AvgIpc) is 3.35. The second kappa shape index (κ2) is 9.16. The molecule has 1 aliphatic heterocycles. The van der Waals surface area contributed by atoms with E-state index in [-0.39, 0.29) is 22.3 Å². The van der Waals surface area contributed by atoms with Crippen LogP contribution >= 0.6 is 0 Å². The summed E-state index contributed by atoms with van der Waals surface area (Å²) in [6.07, 6.45) is 11.9. The van der Waals surface area contributed by atoms with Crippen molar-refractivity contribution in [1.29, 1.82) is 0 Å².